The fraction of sp³-hybridized carbons (Fsp3) is 0.583. The summed E-state index contributed by atoms with van der Waals surface area (Å²) < 4.78 is 0. The van der Waals surface area contributed by atoms with Gasteiger partial charge in [-0.1, -0.05) is 12.8 Å². The van der Waals surface area contributed by atoms with E-state index in [0.717, 1.165) is 37.1 Å². The van der Waals surface area contributed by atoms with E-state index in [2.05, 4.69) is 21.4 Å². The summed E-state index contributed by atoms with van der Waals surface area (Å²) in [6.07, 6.45) is 5.97. The fourth-order valence-corrected chi connectivity index (χ4v) is 2.33. The van der Waals surface area contributed by atoms with Crippen LogP contribution in [0.15, 0.2) is 6.20 Å². The minimum atomic E-state index is 0.0666. The van der Waals surface area contributed by atoms with Crippen LogP contribution in [0.1, 0.15) is 31.2 Å². The lowest BCUT2D eigenvalue weighted by Crippen LogP contribution is -2.32. The van der Waals surface area contributed by atoms with Crippen molar-refractivity contribution in [1.29, 1.82) is 5.26 Å². The van der Waals surface area contributed by atoms with Crippen LogP contribution in [0.2, 0.25) is 5.28 Å². The second-order valence-corrected chi connectivity index (χ2v) is 4.78. The smallest absolute Gasteiger partial charge is 0.224 e. The molecule has 0 aliphatic heterocycles. The molecule has 0 spiro atoms. The van der Waals surface area contributed by atoms with E-state index in [4.69, 9.17) is 16.9 Å². The molecule has 0 bridgehead atoms. The maximum atomic E-state index is 9.11. The molecule has 1 saturated carbocycles. The summed E-state index contributed by atoms with van der Waals surface area (Å²) in [5.74, 6) is 0.814. The van der Waals surface area contributed by atoms with Gasteiger partial charge in [-0.3, -0.25) is 0 Å². The second kappa shape index (κ2) is 5.33. The van der Waals surface area contributed by atoms with E-state index in [9.17, 15) is 0 Å². The third-order valence-electron chi connectivity index (χ3n) is 3.20. The summed E-state index contributed by atoms with van der Waals surface area (Å²) in [5.41, 5.74) is 0.955. The molecule has 90 valence electrons. The molecule has 1 aromatic heterocycles. The van der Waals surface area contributed by atoms with Crippen molar-refractivity contribution in [2.45, 2.75) is 38.6 Å². The monoisotopic (exact) mass is 250 g/mol. The molecule has 0 saturated heterocycles. The van der Waals surface area contributed by atoms with Gasteiger partial charge in [0.1, 0.15) is 5.82 Å². The number of aryl methyl sites for hydroxylation is 1. The molecule has 2 atom stereocenters. The number of nitrogens with zero attached hydrogens (tertiary/aromatic N) is 3. The highest BCUT2D eigenvalue weighted by molar-refractivity contribution is 6.28. The number of halogens is 1. The molecule has 1 aliphatic carbocycles. The zero-order valence-electron chi connectivity index (χ0n) is 9.78. The van der Waals surface area contributed by atoms with Crippen molar-refractivity contribution in [1.82, 2.24) is 9.97 Å². The third kappa shape index (κ3) is 2.86. The first-order chi connectivity index (χ1) is 8.20. The van der Waals surface area contributed by atoms with Gasteiger partial charge in [0, 0.05) is 17.8 Å². The first-order valence-electron chi connectivity index (χ1n) is 5.86. The van der Waals surface area contributed by atoms with Gasteiger partial charge >= 0.3 is 0 Å². The second-order valence-electron chi connectivity index (χ2n) is 4.44. The molecule has 4 nitrogen and oxygen atoms in total. The zero-order chi connectivity index (χ0) is 12.3. The Morgan fingerprint density at radius 2 is 2.24 bits per heavy atom. The lowest BCUT2D eigenvalue weighted by Gasteiger charge is -2.28. The Morgan fingerprint density at radius 3 is 3.00 bits per heavy atom. The van der Waals surface area contributed by atoms with Gasteiger partial charge in [-0.05, 0) is 31.4 Å². The average Bonchev–Trinajstić information content (AvgIpc) is 2.34. The highest BCUT2D eigenvalue weighted by Crippen LogP contribution is 2.27. The molecule has 1 heterocycles. The molecule has 0 aromatic carbocycles. The topological polar surface area (TPSA) is 61.6 Å². The number of hydrogen-bond donors (Lipinski definition) is 1. The number of aromatic nitrogens is 2. The van der Waals surface area contributed by atoms with Crippen LogP contribution in [-0.4, -0.2) is 16.0 Å². The molecule has 0 amide bonds. The van der Waals surface area contributed by atoms with Gasteiger partial charge in [0.05, 0.1) is 12.0 Å². The normalized spacial score (nSPS) is 24.1. The van der Waals surface area contributed by atoms with Gasteiger partial charge in [-0.15, -0.1) is 0 Å². The predicted octanol–water partition coefficient (Wildman–Crippen LogP) is 2.93. The summed E-state index contributed by atoms with van der Waals surface area (Å²) in [7, 11) is 0. The van der Waals surface area contributed by atoms with Crippen molar-refractivity contribution in [2.75, 3.05) is 5.32 Å². The van der Waals surface area contributed by atoms with Crippen molar-refractivity contribution < 1.29 is 0 Å². The quantitative estimate of drug-likeness (QED) is 0.820. The number of anilines is 1. The van der Waals surface area contributed by atoms with Crippen LogP contribution in [0.5, 0.6) is 0 Å². The number of hydrogen-bond acceptors (Lipinski definition) is 4. The maximum Gasteiger partial charge on any atom is 0.224 e. The predicted molar refractivity (Wildman–Crippen MR) is 66.8 cm³/mol. The zero-order valence-corrected chi connectivity index (χ0v) is 10.5. The molecule has 17 heavy (non-hydrogen) atoms. The van der Waals surface area contributed by atoms with Crippen molar-refractivity contribution in [2.24, 2.45) is 5.92 Å². The highest BCUT2D eigenvalue weighted by Gasteiger charge is 2.25. The molecule has 2 rings (SSSR count). The van der Waals surface area contributed by atoms with Crippen molar-refractivity contribution in [3.05, 3.63) is 17.0 Å². The van der Waals surface area contributed by atoms with Crippen LogP contribution in [0.4, 0.5) is 5.82 Å². The molecule has 0 radical (unpaired) electrons. The van der Waals surface area contributed by atoms with Crippen molar-refractivity contribution in [3.63, 3.8) is 0 Å². The van der Waals surface area contributed by atoms with Gasteiger partial charge < -0.3 is 5.32 Å². The summed E-state index contributed by atoms with van der Waals surface area (Å²) >= 11 is 5.78. The summed E-state index contributed by atoms with van der Waals surface area (Å²) in [5, 5.41) is 12.7. The largest absolute Gasteiger partial charge is 0.366 e. The number of rotatable bonds is 2. The van der Waals surface area contributed by atoms with Gasteiger partial charge in [0.2, 0.25) is 5.28 Å². The molecule has 1 unspecified atom stereocenters. The molecular weight excluding hydrogens is 236 g/mol. The van der Waals surface area contributed by atoms with E-state index in [1.807, 2.05) is 6.92 Å². The van der Waals surface area contributed by atoms with E-state index in [-0.39, 0.29) is 17.2 Å². The Bertz CT molecular complexity index is 441. The van der Waals surface area contributed by atoms with Gasteiger partial charge in [0.15, 0.2) is 0 Å². The molecule has 1 fully saturated rings. The minimum absolute atomic E-state index is 0.0666. The Hall–Kier alpha value is -1.34. The van der Waals surface area contributed by atoms with Gasteiger partial charge in [-0.2, -0.15) is 5.26 Å². The average molecular weight is 251 g/mol. The SMILES string of the molecule is Cc1cnc(Cl)nc1NC1CCCC[C@@H]1C#N. The fourth-order valence-electron chi connectivity index (χ4n) is 2.20. The van der Waals surface area contributed by atoms with Crippen LogP contribution >= 0.6 is 11.6 Å². The lowest BCUT2D eigenvalue weighted by atomic mass is 9.85. The third-order valence-corrected chi connectivity index (χ3v) is 3.38. The molecular formula is C12H15ClN4. The van der Waals surface area contributed by atoms with Crippen molar-refractivity contribution in [3.8, 4) is 6.07 Å². The van der Waals surface area contributed by atoms with Crippen LogP contribution in [0.25, 0.3) is 0 Å². The van der Waals surface area contributed by atoms with E-state index < -0.39 is 0 Å². The first kappa shape index (κ1) is 12.1. The van der Waals surface area contributed by atoms with Crippen LogP contribution < -0.4 is 5.32 Å². The summed E-state index contributed by atoms with van der Waals surface area (Å²) in [6, 6.07) is 2.55. The summed E-state index contributed by atoms with van der Waals surface area (Å²) in [6.45, 7) is 1.93. The standard InChI is InChI=1S/C12H15ClN4/c1-8-7-15-12(13)17-11(8)16-10-5-3-2-4-9(10)6-14/h7,9-10H,2-5H2,1H3,(H,15,16,17)/t9-,10?/m1/s1. The Kier molecular flexibility index (Phi) is 3.80. The van der Waals surface area contributed by atoms with E-state index in [1.54, 1.807) is 6.20 Å². The van der Waals surface area contributed by atoms with Crippen LogP contribution in [-0.2, 0) is 0 Å². The Balaban J connectivity index is 2.14. The molecule has 1 N–H and O–H groups in total. The Morgan fingerprint density at radius 1 is 1.47 bits per heavy atom. The number of nitriles is 1. The van der Waals surface area contributed by atoms with Gasteiger partial charge in [-0.25, -0.2) is 9.97 Å². The van der Waals surface area contributed by atoms with Gasteiger partial charge in [0.25, 0.3) is 0 Å². The lowest BCUT2D eigenvalue weighted by molar-refractivity contribution is 0.388. The Labute approximate surface area is 106 Å². The first-order valence-corrected chi connectivity index (χ1v) is 6.24. The van der Waals surface area contributed by atoms with E-state index in [0.29, 0.717) is 0 Å². The molecule has 1 aliphatic rings. The molecule has 1 aromatic rings. The highest BCUT2D eigenvalue weighted by atomic mass is 35.5. The number of nitrogens with one attached hydrogen (secondary N) is 1. The molecule has 5 heteroatoms. The van der Waals surface area contributed by atoms with Crippen LogP contribution in [0, 0.1) is 24.2 Å². The minimum Gasteiger partial charge on any atom is -0.366 e. The van der Waals surface area contributed by atoms with Crippen LogP contribution in [0.3, 0.4) is 0 Å². The maximum absolute atomic E-state index is 9.11. The van der Waals surface area contributed by atoms with E-state index in [1.165, 1.54) is 0 Å². The summed E-state index contributed by atoms with van der Waals surface area (Å²) in [4.78, 5) is 8.09. The van der Waals surface area contributed by atoms with Crippen molar-refractivity contribution >= 4 is 17.4 Å². The van der Waals surface area contributed by atoms with E-state index >= 15 is 0 Å².